The molecule has 0 N–H and O–H groups in total. The highest BCUT2D eigenvalue weighted by Gasteiger charge is 2.48. The summed E-state index contributed by atoms with van der Waals surface area (Å²) in [6.07, 6.45) is 12.0. The minimum atomic E-state index is -1.52. The van der Waals surface area contributed by atoms with Gasteiger partial charge in [-0.05, 0) is 15.6 Å². The molecule has 2 aliphatic rings. The Balaban J connectivity index is 2.62. The first-order chi connectivity index (χ1) is 10.2. The molecule has 0 heterocycles. The van der Waals surface area contributed by atoms with Crippen LogP contribution in [0.25, 0.3) is 0 Å². The quantitative estimate of drug-likeness (QED) is 0.470. The summed E-state index contributed by atoms with van der Waals surface area (Å²) in [5, 5.41) is 4.23. The van der Waals surface area contributed by atoms with E-state index in [1.165, 1.54) is 0 Å². The van der Waals surface area contributed by atoms with Gasteiger partial charge in [-0.1, -0.05) is 109 Å². The van der Waals surface area contributed by atoms with Crippen molar-refractivity contribution in [3.8, 4) is 0 Å². The Morgan fingerprint density at radius 3 is 1.78 bits per heavy atom. The van der Waals surface area contributed by atoms with E-state index in [0.29, 0.717) is 16.0 Å². The molecule has 0 aromatic carbocycles. The van der Waals surface area contributed by atoms with Gasteiger partial charge in [0.2, 0.25) is 0 Å². The molecule has 2 rings (SSSR count). The third-order valence-electron chi connectivity index (χ3n) is 7.12. The molecule has 2 heteroatoms. The van der Waals surface area contributed by atoms with Crippen molar-refractivity contribution in [1.29, 1.82) is 0 Å². The summed E-state index contributed by atoms with van der Waals surface area (Å²) in [5.41, 5.74) is 1.61. The van der Waals surface area contributed by atoms with Crippen LogP contribution >= 0.6 is 0 Å². The van der Waals surface area contributed by atoms with Crippen LogP contribution in [0.4, 0.5) is 0 Å². The second-order valence-corrected chi connectivity index (χ2v) is 21.1. The van der Waals surface area contributed by atoms with Gasteiger partial charge in [-0.25, -0.2) is 0 Å². The first-order valence-corrected chi connectivity index (χ1v) is 15.0. The molecular formula is C21H36Si2. The average Bonchev–Trinajstić information content (AvgIpc) is 2.76. The number of hydrogen-bond donors (Lipinski definition) is 0. The predicted molar refractivity (Wildman–Crippen MR) is 111 cm³/mol. The molecular weight excluding hydrogens is 308 g/mol. The third kappa shape index (κ3) is 2.93. The van der Waals surface area contributed by atoms with Crippen molar-refractivity contribution >= 4 is 16.1 Å². The van der Waals surface area contributed by atoms with Crippen molar-refractivity contribution in [2.75, 3.05) is 0 Å². The highest BCUT2D eigenvalue weighted by atomic mass is 28.3. The molecule has 0 spiro atoms. The highest BCUT2D eigenvalue weighted by Crippen LogP contribution is 2.53. The maximum Gasteiger partial charge on any atom is 0.0863 e. The average molecular weight is 345 g/mol. The molecule has 1 atom stereocenters. The first kappa shape index (κ1) is 18.7. The molecule has 2 aliphatic carbocycles. The van der Waals surface area contributed by atoms with Gasteiger partial charge in [0.15, 0.2) is 0 Å². The van der Waals surface area contributed by atoms with E-state index in [9.17, 15) is 0 Å². The summed E-state index contributed by atoms with van der Waals surface area (Å²) in [5.74, 6) is 0.546. The first-order valence-electron chi connectivity index (χ1n) is 9.03. The lowest BCUT2D eigenvalue weighted by Gasteiger charge is -2.41. The van der Waals surface area contributed by atoms with Gasteiger partial charge in [-0.2, -0.15) is 0 Å². The Bertz CT molecular complexity index is 611. The lowest BCUT2D eigenvalue weighted by Crippen LogP contribution is -2.41. The normalized spacial score (nSPS) is 22.5. The van der Waals surface area contributed by atoms with Crippen molar-refractivity contribution < 1.29 is 0 Å². The summed E-state index contributed by atoms with van der Waals surface area (Å²) in [6, 6.07) is 0. The molecule has 0 amide bonds. The molecule has 0 saturated heterocycles. The lowest BCUT2D eigenvalue weighted by molar-refractivity contribution is 0.718. The fourth-order valence-electron chi connectivity index (χ4n) is 3.35. The van der Waals surface area contributed by atoms with E-state index in [1.807, 2.05) is 0 Å². The molecule has 128 valence electrons. The van der Waals surface area contributed by atoms with Crippen LogP contribution in [0.15, 0.2) is 46.3 Å². The molecule has 0 fully saturated rings. The van der Waals surface area contributed by atoms with Gasteiger partial charge < -0.3 is 0 Å². The highest BCUT2D eigenvalue weighted by molar-refractivity contribution is 6.90. The summed E-state index contributed by atoms with van der Waals surface area (Å²) in [6.45, 7) is 24.9. The third-order valence-corrected chi connectivity index (χ3v) is 18.3. The van der Waals surface area contributed by atoms with Crippen molar-refractivity contribution in [2.45, 2.75) is 77.8 Å². The standard InChI is InChI=1S/C21H36Si2/c1-20(2,3)22(7,8)18-15-19(23(9,10)21(4,5)6)17-14-12-11-13-16(17)18/h11-16H,1-10H3. The van der Waals surface area contributed by atoms with E-state index in [0.717, 1.165) is 0 Å². The summed E-state index contributed by atoms with van der Waals surface area (Å²) in [7, 11) is -3.02. The van der Waals surface area contributed by atoms with E-state index in [4.69, 9.17) is 0 Å². The number of hydrogen-bond acceptors (Lipinski definition) is 0. The maximum atomic E-state index is 2.66. The molecule has 1 unspecified atom stereocenters. The van der Waals surface area contributed by atoms with Gasteiger partial charge in [0.05, 0.1) is 16.1 Å². The van der Waals surface area contributed by atoms with E-state index >= 15 is 0 Å². The van der Waals surface area contributed by atoms with Crippen LogP contribution in [0.2, 0.25) is 36.3 Å². The van der Waals surface area contributed by atoms with Crippen LogP contribution in [0.1, 0.15) is 41.5 Å². The van der Waals surface area contributed by atoms with E-state index in [1.54, 1.807) is 16.0 Å². The predicted octanol–water partition coefficient (Wildman–Crippen LogP) is 7.06. The molecule has 0 radical (unpaired) electrons. The van der Waals surface area contributed by atoms with Crippen LogP contribution in [0.5, 0.6) is 0 Å². The van der Waals surface area contributed by atoms with Gasteiger partial charge in [-0.3, -0.25) is 0 Å². The SMILES string of the molecule is CC(C)(C)[Si](C)(C)C1=CC([Si](C)(C)C(C)(C)C)=C2C=CC=CC12. The van der Waals surface area contributed by atoms with Crippen LogP contribution in [0, 0.1) is 5.92 Å². The molecule has 23 heavy (non-hydrogen) atoms. The topological polar surface area (TPSA) is 0 Å². The molecule has 0 nitrogen and oxygen atoms in total. The number of rotatable bonds is 2. The number of fused-ring (bicyclic) bond motifs is 1. The van der Waals surface area contributed by atoms with Crippen molar-refractivity contribution in [2.24, 2.45) is 5.92 Å². The summed E-state index contributed by atoms with van der Waals surface area (Å²) in [4.78, 5) is 0. The largest absolute Gasteiger partial charge is 0.0863 e. The van der Waals surface area contributed by atoms with E-state index < -0.39 is 16.1 Å². The fourth-order valence-corrected chi connectivity index (χ4v) is 8.18. The Kier molecular flexibility index (Phi) is 4.44. The van der Waals surface area contributed by atoms with E-state index in [-0.39, 0.29) is 0 Å². The van der Waals surface area contributed by atoms with Crippen molar-refractivity contribution in [1.82, 2.24) is 0 Å². The Labute approximate surface area is 146 Å². The smallest absolute Gasteiger partial charge is 0.0733 e. The van der Waals surface area contributed by atoms with Crippen LogP contribution < -0.4 is 0 Å². The Morgan fingerprint density at radius 2 is 1.30 bits per heavy atom. The maximum absolute atomic E-state index is 2.66. The lowest BCUT2D eigenvalue weighted by atomic mass is 9.98. The zero-order valence-electron chi connectivity index (χ0n) is 17.0. The van der Waals surface area contributed by atoms with Gasteiger partial charge in [0.1, 0.15) is 0 Å². The Hall–Kier alpha value is -0.606. The minimum absolute atomic E-state index is 0.383. The molecule has 0 aliphatic heterocycles. The zero-order valence-corrected chi connectivity index (χ0v) is 19.0. The van der Waals surface area contributed by atoms with Gasteiger partial charge in [-0.15, -0.1) is 0 Å². The van der Waals surface area contributed by atoms with Crippen LogP contribution in [-0.4, -0.2) is 16.1 Å². The molecule has 0 bridgehead atoms. The zero-order chi connectivity index (χ0) is 17.8. The molecule has 0 saturated carbocycles. The van der Waals surface area contributed by atoms with Crippen LogP contribution in [-0.2, 0) is 0 Å². The Morgan fingerprint density at radius 1 is 0.783 bits per heavy atom. The fraction of sp³-hybridized carbons (Fsp3) is 0.619. The molecule has 0 aromatic heterocycles. The van der Waals surface area contributed by atoms with Crippen LogP contribution in [0.3, 0.4) is 0 Å². The second-order valence-electron chi connectivity index (χ2n) is 10.4. The van der Waals surface area contributed by atoms with Crippen molar-refractivity contribution in [3.05, 3.63) is 46.3 Å². The monoisotopic (exact) mass is 344 g/mol. The summed E-state index contributed by atoms with van der Waals surface area (Å²) >= 11 is 0. The van der Waals surface area contributed by atoms with E-state index in [2.05, 4.69) is 98.1 Å². The van der Waals surface area contributed by atoms with Gasteiger partial charge in [0, 0.05) is 5.92 Å². The van der Waals surface area contributed by atoms with Gasteiger partial charge in [0.25, 0.3) is 0 Å². The minimum Gasteiger partial charge on any atom is -0.0733 e. The summed E-state index contributed by atoms with van der Waals surface area (Å²) < 4.78 is 0. The second kappa shape index (κ2) is 5.45. The molecule has 0 aromatic rings. The van der Waals surface area contributed by atoms with Gasteiger partial charge >= 0.3 is 0 Å². The number of allylic oxidation sites excluding steroid dienone is 8. The van der Waals surface area contributed by atoms with Crippen molar-refractivity contribution in [3.63, 3.8) is 0 Å².